The number of hydrogen-bond donors (Lipinski definition) is 0. The lowest BCUT2D eigenvalue weighted by Gasteiger charge is -2.22. The zero-order valence-electron chi connectivity index (χ0n) is 41.1. The minimum absolute atomic E-state index is 0.152. The molecule has 1 aliphatic rings. The van der Waals surface area contributed by atoms with Crippen molar-refractivity contribution >= 4 is 66.2 Å². The summed E-state index contributed by atoms with van der Waals surface area (Å²) in [6.45, 7) is 17.8. The molecule has 9 aromatic carbocycles. The second-order valence-electron chi connectivity index (χ2n) is 19.9. The van der Waals surface area contributed by atoms with Crippen LogP contribution in [0.15, 0.2) is 237 Å². The molecule has 0 saturated carbocycles. The van der Waals surface area contributed by atoms with Crippen LogP contribution in [0, 0.1) is 0 Å². The van der Waals surface area contributed by atoms with Gasteiger partial charge in [-0.05, 0) is 161 Å². The number of para-hydroxylation sites is 4. The van der Waals surface area contributed by atoms with Crippen LogP contribution in [0.25, 0.3) is 117 Å². The third-order valence-electron chi connectivity index (χ3n) is 15.3. The Morgan fingerprint density at radius 2 is 0.972 bits per heavy atom. The first-order chi connectivity index (χ1) is 35.2. The van der Waals surface area contributed by atoms with Gasteiger partial charge in [0.1, 0.15) is 0 Å². The largest absolute Gasteiger partial charge is 0.309 e. The van der Waals surface area contributed by atoms with E-state index in [2.05, 4.69) is 273 Å². The van der Waals surface area contributed by atoms with E-state index in [0.717, 1.165) is 72.6 Å². The van der Waals surface area contributed by atoms with Crippen LogP contribution in [0.4, 0.5) is 0 Å². The summed E-state index contributed by atoms with van der Waals surface area (Å²) in [4.78, 5) is 0. The van der Waals surface area contributed by atoms with Gasteiger partial charge in [0, 0.05) is 55.0 Å². The molecule has 3 aromatic heterocycles. The van der Waals surface area contributed by atoms with E-state index in [0.29, 0.717) is 0 Å². The number of allylic oxidation sites excluding steroid dienone is 5. The molecule has 0 spiro atoms. The molecule has 1 aliphatic carbocycles. The molecule has 3 heterocycles. The highest BCUT2D eigenvalue weighted by Gasteiger charge is 2.36. The van der Waals surface area contributed by atoms with Crippen molar-refractivity contribution in [3.8, 4) is 50.4 Å². The van der Waals surface area contributed by atoms with E-state index in [9.17, 15) is 0 Å². The molecular formula is C69H53N3. The molecule has 0 atom stereocenters. The summed E-state index contributed by atoms with van der Waals surface area (Å²) < 4.78 is 7.25. The minimum atomic E-state index is -0.152. The van der Waals surface area contributed by atoms with Crippen molar-refractivity contribution in [1.29, 1.82) is 0 Å². The molecule has 0 aliphatic heterocycles. The van der Waals surface area contributed by atoms with E-state index in [4.69, 9.17) is 0 Å². The summed E-state index contributed by atoms with van der Waals surface area (Å²) in [6, 6.07) is 74.2. The quantitative estimate of drug-likeness (QED) is 0.128. The van der Waals surface area contributed by atoms with Gasteiger partial charge in [0.15, 0.2) is 0 Å². The van der Waals surface area contributed by atoms with Gasteiger partial charge >= 0.3 is 0 Å². The number of hydrogen-bond acceptors (Lipinski definition) is 0. The Bertz CT molecular complexity index is 4280. The van der Waals surface area contributed by atoms with Crippen molar-refractivity contribution < 1.29 is 0 Å². The van der Waals surface area contributed by atoms with E-state index < -0.39 is 0 Å². The van der Waals surface area contributed by atoms with Gasteiger partial charge in [-0.15, -0.1) is 0 Å². The van der Waals surface area contributed by atoms with Gasteiger partial charge in [-0.3, -0.25) is 0 Å². The summed E-state index contributed by atoms with van der Waals surface area (Å²) in [7, 11) is 0. The number of nitrogens with zero attached hydrogens (tertiary/aromatic N) is 3. The number of rotatable bonds is 9. The molecule has 344 valence electrons. The standard InChI is InChI=1S/C69H53N3/c1-7-9-26-52(44(3)4)68-59-41-46(34-36-66(59)70(62(68)8-2)49-22-12-10-13-23-49)48-37-47(45-33-35-65-57(40-45)54-28-17-20-31-63(54)71(65)50-24-14-11-15-25-50)38-51(39-48)72-64-32-21-18-29-55(64)58-42-56-53-27-16-19-30-60(53)69(5,6)61(56)43-67(58)72/h7-43H,2-3H2,1,4-6H3/b9-7-,52-26+. The Labute approximate surface area is 420 Å². The van der Waals surface area contributed by atoms with Gasteiger partial charge in [0.25, 0.3) is 0 Å². The van der Waals surface area contributed by atoms with Crippen LogP contribution < -0.4 is 0 Å². The van der Waals surface area contributed by atoms with Crippen LogP contribution in [0.1, 0.15) is 50.1 Å². The maximum absolute atomic E-state index is 4.52. The van der Waals surface area contributed by atoms with Crippen LogP contribution >= 0.6 is 0 Å². The normalized spacial score (nSPS) is 13.2. The monoisotopic (exact) mass is 923 g/mol. The Kier molecular flexibility index (Phi) is 9.95. The van der Waals surface area contributed by atoms with Crippen molar-refractivity contribution in [1.82, 2.24) is 13.7 Å². The smallest absolute Gasteiger partial charge is 0.0544 e. The Balaban J connectivity index is 1.10. The molecule has 0 bridgehead atoms. The van der Waals surface area contributed by atoms with Crippen LogP contribution in [0.2, 0.25) is 0 Å². The molecular weight excluding hydrogens is 871 g/mol. The third-order valence-corrected chi connectivity index (χ3v) is 15.3. The molecule has 13 rings (SSSR count). The minimum Gasteiger partial charge on any atom is -0.309 e. The molecule has 0 unspecified atom stereocenters. The first-order valence-electron chi connectivity index (χ1n) is 25.0. The first kappa shape index (κ1) is 43.1. The number of fused-ring (bicyclic) bond motifs is 10. The molecule has 0 N–H and O–H groups in total. The van der Waals surface area contributed by atoms with E-state index >= 15 is 0 Å². The van der Waals surface area contributed by atoms with Crippen molar-refractivity contribution in [2.24, 2.45) is 0 Å². The average molecular weight is 924 g/mol. The second-order valence-corrected chi connectivity index (χ2v) is 19.9. The van der Waals surface area contributed by atoms with Gasteiger partial charge in [0.05, 0.1) is 33.3 Å². The van der Waals surface area contributed by atoms with E-state index in [1.165, 1.54) is 65.9 Å². The maximum atomic E-state index is 4.52. The third kappa shape index (κ3) is 6.51. The first-order valence-corrected chi connectivity index (χ1v) is 25.0. The SMILES string of the molecule is C=Cc1c(/C(=C/C=C\C)C(=C)C)c2cc(-c3cc(-c4ccc5c(c4)c4ccccc4n5-c4ccccc4)cc(-n4c5ccccc5c5cc6c(cc54)C(C)(C)c4ccccc4-6)c3)ccc2n1-c1ccccc1. The fraction of sp³-hybridized carbons (Fsp3) is 0.0725. The fourth-order valence-electron chi connectivity index (χ4n) is 12.0. The van der Waals surface area contributed by atoms with Crippen molar-refractivity contribution in [2.45, 2.75) is 33.1 Å². The molecule has 0 fully saturated rings. The lowest BCUT2D eigenvalue weighted by Crippen LogP contribution is -2.15. The highest BCUT2D eigenvalue weighted by atomic mass is 15.0. The van der Waals surface area contributed by atoms with Crippen LogP contribution in [0.5, 0.6) is 0 Å². The zero-order chi connectivity index (χ0) is 48.8. The van der Waals surface area contributed by atoms with Crippen molar-refractivity contribution in [2.75, 3.05) is 0 Å². The summed E-state index contributed by atoms with van der Waals surface area (Å²) in [5, 5.41) is 6.09. The second kappa shape index (κ2) is 16.6. The van der Waals surface area contributed by atoms with E-state index in [-0.39, 0.29) is 5.41 Å². The van der Waals surface area contributed by atoms with Gasteiger partial charge in [-0.1, -0.05) is 160 Å². The lowest BCUT2D eigenvalue weighted by molar-refractivity contribution is 0.661. The average Bonchev–Trinajstić information content (AvgIpc) is 4.11. The van der Waals surface area contributed by atoms with Crippen LogP contribution in [0.3, 0.4) is 0 Å². The molecule has 3 nitrogen and oxygen atoms in total. The predicted molar refractivity (Wildman–Crippen MR) is 308 cm³/mol. The predicted octanol–water partition coefficient (Wildman–Crippen LogP) is 18.6. The molecule has 0 saturated heterocycles. The maximum Gasteiger partial charge on any atom is 0.0544 e. The molecule has 72 heavy (non-hydrogen) atoms. The van der Waals surface area contributed by atoms with E-state index in [1.54, 1.807) is 0 Å². The number of aromatic nitrogens is 3. The summed E-state index contributed by atoms with van der Waals surface area (Å²) in [5.41, 5.74) is 23.2. The van der Waals surface area contributed by atoms with Crippen molar-refractivity contribution in [3.63, 3.8) is 0 Å². The van der Waals surface area contributed by atoms with Crippen LogP contribution in [-0.2, 0) is 5.41 Å². The number of benzene rings is 9. The summed E-state index contributed by atoms with van der Waals surface area (Å²) in [5.74, 6) is 0. The zero-order valence-corrected chi connectivity index (χ0v) is 41.1. The molecule has 12 aromatic rings. The summed E-state index contributed by atoms with van der Waals surface area (Å²) >= 11 is 0. The van der Waals surface area contributed by atoms with Gasteiger partial charge in [-0.2, -0.15) is 0 Å². The topological polar surface area (TPSA) is 14.8 Å². The van der Waals surface area contributed by atoms with E-state index in [1.807, 2.05) is 6.08 Å². The van der Waals surface area contributed by atoms with Crippen molar-refractivity contribution in [3.05, 3.63) is 260 Å². The summed E-state index contributed by atoms with van der Waals surface area (Å²) in [6.07, 6.45) is 8.37. The molecule has 0 amide bonds. The lowest BCUT2D eigenvalue weighted by atomic mass is 9.82. The highest BCUT2D eigenvalue weighted by molar-refractivity contribution is 6.13. The van der Waals surface area contributed by atoms with Gasteiger partial charge in [0.2, 0.25) is 0 Å². The molecule has 0 radical (unpaired) electrons. The molecule has 3 heteroatoms. The Hall–Kier alpha value is -8.92. The Morgan fingerprint density at radius 3 is 1.60 bits per heavy atom. The Morgan fingerprint density at radius 1 is 0.444 bits per heavy atom. The fourth-order valence-corrected chi connectivity index (χ4v) is 12.0. The van der Waals surface area contributed by atoms with Gasteiger partial charge in [-0.25, -0.2) is 0 Å². The van der Waals surface area contributed by atoms with Crippen LogP contribution in [-0.4, -0.2) is 13.7 Å². The van der Waals surface area contributed by atoms with Gasteiger partial charge < -0.3 is 13.7 Å². The highest BCUT2D eigenvalue weighted by Crippen LogP contribution is 2.51.